The first-order chi connectivity index (χ1) is 7.68. The minimum atomic E-state index is -0.438. The van der Waals surface area contributed by atoms with Crippen LogP contribution in [0.2, 0.25) is 0 Å². The summed E-state index contributed by atoms with van der Waals surface area (Å²) in [4.78, 5) is 14.5. The Kier molecular flexibility index (Phi) is 2.80. The number of aromatic hydroxyl groups is 1. The van der Waals surface area contributed by atoms with Gasteiger partial charge in [0.1, 0.15) is 5.75 Å². The molecule has 1 saturated carbocycles. The van der Waals surface area contributed by atoms with Crippen LogP contribution < -0.4 is 0 Å². The van der Waals surface area contributed by atoms with Gasteiger partial charge in [-0.25, -0.2) is 4.79 Å². The Morgan fingerprint density at radius 2 is 2.06 bits per heavy atom. The van der Waals surface area contributed by atoms with E-state index in [1.807, 2.05) is 19.1 Å². The highest BCUT2D eigenvalue weighted by Gasteiger charge is 2.35. The fourth-order valence-corrected chi connectivity index (χ4v) is 2.41. The molecule has 0 amide bonds. The maximum Gasteiger partial charge on any atom is 0.235 e. The molecule has 0 atom stereocenters. The molecule has 0 bridgehead atoms. The van der Waals surface area contributed by atoms with Crippen molar-refractivity contribution in [3.8, 4) is 5.75 Å². The zero-order valence-corrected chi connectivity index (χ0v) is 9.36. The summed E-state index contributed by atoms with van der Waals surface area (Å²) >= 11 is 0. The van der Waals surface area contributed by atoms with Gasteiger partial charge in [-0.05, 0) is 37.0 Å². The minimum absolute atomic E-state index is 0.268. The molecule has 3 nitrogen and oxygen atoms in total. The van der Waals surface area contributed by atoms with E-state index in [0.29, 0.717) is 0 Å². The second kappa shape index (κ2) is 4.11. The second-order valence-electron chi connectivity index (χ2n) is 4.44. The van der Waals surface area contributed by atoms with Crippen molar-refractivity contribution in [1.29, 1.82) is 0 Å². The lowest BCUT2D eigenvalue weighted by atomic mass is 9.88. The summed E-state index contributed by atoms with van der Waals surface area (Å²) in [6.07, 6.45) is 5.55. The highest BCUT2D eigenvalue weighted by atomic mass is 16.3. The molecular weight excluding hydrogens is 202 g/mol. The summed E-state index contributed by atoms with van der Waals surface area (Å²) in [5, 5.41) is 9.70. The molecule has 16 heavy (non-hydrogen) atoms. The van der Waals surface area contributed by atoms with Crippen molar-refractivity contribution in [3.05, 3.63) is 29.3 Å². The van der Waals surface area contributed by atoms with Gasteiger partial charge in [-0.3, -0.25) is 0 Å². The van der Waals surface area contributed by atoms with Gasteiger partial charge in [-0.15, -0.1) is 0 Å². The number of phenolic OH excluding ortho intramolecular Hbond substituents is 1. The average Bonchev–Trinajstić information content (AvgIpc) is 2.72. The van der Waals surface area contributed by atoms with Gasteiger partial charge in [0.05, 0.1) is 5.54 Å². The summed E-state index contributed by atoms with van der Waals surface area (Å²) in [5.41, 5.74) is 1.33. The first-order valence-electron chi connectivity index (χ1n) is 5.57. The molecule has 84 valence electrons. The summed E-state index contributed by atoms with van der Waals surface area (Å²) < 4.78 is 0. The number of phenols is 1. The summed E-state index contributed by atoms with van der Waals surface area (Å²) in [6, 6.07) is 5.54. The molecule has 0 unspecified atom stereocenters. The number of rotatable bonds is 2. The van der Waals surface area contributed by atoms with E-state index in [-0.39, 0.29) is 5.75 Å². The van der Waals surface area contributed by atoms with E-state index in [9.17, 15) is 9.90 Å². The predicted octanol–water partition coefficient (Wildman–Crippen LogP) is 2.81. The van der Waals surface area contributed by atoms with Crippen molar-refractivity contribution in [2.45, 2.75) is 38.1 Å². The third kappa shape index (κ3) is 1.74. The van der Waals surface area contributed by atoms with Crippen LogP contribution in [0.4, 0.5) is 0 Å². The van der Waals surface area contributed by atoms with Crippen molar-refractivity contribution >= 4 is 6.08 Å². The van der Waals surface area contributed by atoms with E-state index in [4.69, 9.17) is 0 Å². The van der Waals surface area contributed by atoms with Crippen LogP contribution in [0.3, 0.4) is 0 Å². The summed E-state index contributed by atoms with van der Waals surface area (Å²) in [7, 11) is 0. The molecule has 0 radical (unpaired) electrons. The highest BCUT2D eigenvalue weighted by Crippen LogP contribution is 2.43. The molecule has 1 aromatic carbocycles. The maximum absolute atomic E-state index is 10.5. The molecule has 1 aliphatic carbocycles. The molecule has 0 aromatic heterocycles. The van der Waals surface area contributed by atoms with Crippen molar-refractivity contribution in [2.24, 2.45) is 4.99 Å². The normalized spacial score (nSPS) is 18.1. The number of hydrogen-bond acceptors (Lipinski definition) is 3. The fourth-order valence-electron chi connectivity index (χ4n) is 2.41. The molecule has 0 spiro atoms. The topological polar surface area (TPSA) is 49.7 Å². The second-order valence-corrected chi connectivity index (χ2v) is 4.44. The Hall–Kier alpha value is -1.60. The van der Waals surface area contributed by atoms with Gasteiger partial charge in [0, 0.05) is 0 Å². The Morgan fingerprint density at radius 3 is 2.62 bits per heavy atom. The number of carbonyl (C=O) groups excluding carboxylic acids is 1. The Bertz CT molecular complexity index is 441. The molecule has 3 heteroatoms. The van der Waals surface area contributed by atoms with Crippen molar-refractivity contribution < 1.29 is 9.90 Å². The van der Waals surface area contributed by atoms with Gasteiger partial charge in [-0.2, -0.15) is 4.99 Å². The maximum atomic E-state index is 10.5. The standard InChI is InChI=1S/C13H15NO2/c1-10-4-5-11(8-12(10)16)13(14-9-15)6-2-3-7-13/h4-5,8,16H,2-3,6-7H2,1H3. The summed E-state index contributed by atoms with van der Waals surface area (Å²) in [5.74, 6) is 0.268. The highest BCUT2D eigenvalue weighted by molar-refractivity contribution is 5.43. The van der Waals surface area contributed by atoms with E-state index in [1.165, 1.54) is 0 Å². The smallest absolute Gasteiger partial charge is 0.235 e. The van der Waals surface area contributed by atoms with E-state index < -0.39 is 5.54 Å². The number of isocyanates is 1. The molecule has 0 aliphatic heterocycles. The molecular formula is C13H15NO2. The number of nitrogens with zero attached hydrogens (tertiary/aromatic N) is 1. The quantitative estimate of drug-likeness (QED) is 0.611. The van der Waals surface area contributed by atoms with Crippen LogP contribution >= 0.6 is 0 Å². The number of benzene rings is 1. The van der Waals surface area contributed by atoms with Gasteiger partial charge in [0.25, 0.3) is 0 Å². The Morgan fingerprint density at radius 1 is 1.38 bits per heavy atom. The van der Waals surface area contributed by atoms with Crippen LogP contribution in [-0.4, -0.2) is 11.2 Å². The van der Waals surface area contributed by atoms with Crippen molar-refractivity contribution in [3.63, 3.8) is 0 Å². The molecule has 0 heterocycles. The van der Waals surface area contributed by atoms with Gasteiger partial charge in [0.2, 0.25) is 6.08 Å². The van der Waals surface area contributed by atoms with E-state index in [2.05, 4.69) is 4.99 Å². The van der Waals surface area contributed by atoms with Crippen LogP contribution in [0.15, 0.2) is 23.2 Å². The van der Waals surface area contributed by atoms with E-state index >= 15 is 0 Å². The molecule has 1 aliphatic rings. The van der Waals surface area contributed by atoms with Crippen LogP contribution in [0.25, 0.3) is 0 Å². The Labute approximate surface area is 94.8 Å². The van der Waals surface area contributed by atoms with Crippen molar-refractivity contribution in [2.75, 3.05) is 0 Å². The average molecular weight is 217 g/mol. The monoisotopic (exact) mass is 217 g/mol. The van der Waals surface area contributed by atoms with Crippen LogP contribution in [-0.2, 0) is 10.3 Å². The molecule has 2 rings (SSSR count). The van der Waals surface area contributed by atoms with E-state index in [1.54, 1.807) is 12.1 Å². The first-order valence-corrected chi connectivity index (χ1v) is 5.57. The lowest BCUT2D eigenvalue weighted by molar-refractivity contribution is 0.442. The van der Waals surface area contributed by atoms with Crippen LogP contribution in [0.1, 0.15) is 36.8 Å². The number of aryl methyl sites for hydroxylation is 1. The molecule has 0 saturated heterocycles. The predicted molar refractivity (Wildman–Crippen MR) is 61.1 cm³/mol. The van der Waals surface area contributed by atoms with Gasteiger partial charge in [0.15, 0.2) is 0 Å². The number of hydrogen-bond donors (Lipinski definition) is 1. The van der Waals surface area contributed by atoms with Crippen LogP contribution in [0, 0.1) is 6.92 Å². The molecule has 1 fully saturated rings. The third-order valence-electron chi connectivity index (χ3n) is 3.44. The lowest BCUT2D eigenvalue weighted by Gasteiger charge is -2.23. The van der Waals surface area contributed by atoms with Gasteiger partial charge in [-0.1, -0.05) is 25.0 Å². The van der Waals surface area contributed by atoms with E-state index in [0.717, 1.165) is 36.8 Å². The Balaban J connectivity index is 2.47. The lowest BCUT2D eigenvalue weighted by Crippen LogP contribution is -2.18. The third-order valence-corrected chi connectivity index (χ3v) is 3.44. The first kappa shape index (κ1) is 10.9. The van der Waals surface area contributed by atoms with Crippen molar-refractivity contribution in [1.82, 2.24) is 0 Å². The van der Waals surface area contributed by atoms with Crippen LogP contribution in [0.5, 0.6) is 5.75 Å². The van der Waals surface area contributed by atoms with Gasteiger partial charge >= 0.3 is 0 Å². The number of aliphatic imine (C=N–C) groups is 1. The van der Waals surface area contributed by atoms with Gasteiger partial charge < -0.3 is 5.11 Å². The summed E-state index contributed by atoms with van der Waals surface area (Å²) in [6.45, 7) is 1.85. The minimum Gasteiger partial charge on any atom is -0.508 e. The zero-order valence-electron chi connectivity index (χ0n) is 9.36. The molecule has 1 N–H and O–H groups in total. The molecule has 1 aromatic rings. The SMILES string of the molecule is Cc1ccc(C2(N=C=O)CCCC2)cc1O. The largest absolute Gasteiger partial charge is 0.508 e. The zero-order chi connectivity index (χ0) is 11.6. The fraction of sp³-hybridized carbons (Fsp3) is 0.462.